The second-order valence-electron chi connectivity index (χ2n) is 3.55. The highest BCUT2D eigenvalue weighted by Crippen LogP contribution is 2.35. The first-order valence-corrected chi connectivity index (χ1v) is 4.97. The third kappa shape index (κ3) is 2.15. The minimum absolute atomic E-state index is 0.0454. The van der Waals surface area contributed by atoms with Crippen LogP contribution in [0, 0.1) is 5.82 Å². The SMILES string of the molecule is COc1ccc(-c2cc(F)ccc2O)cc1O. The van der Waals surface area contributed by atoms with E-state index in [4.69, 9.17) is 4.74 Å². The molecule has 0 heterocycles. The summed E-state index contributed by atoms with van der Waals surface area (Å²) in [5.74, 6) is -0.234. The highest BCUT2D eigenvalue weighted by molar-refractivity contribution is 5.72. The van der Waals surface area contributed by atoms with E-state index < -0.39 is 5.82 Å². The molecule has 2 N–H and O–H groups in total. The molecule has 0 fully saturated rings. The van der Waals surface area contributed by atoms with Crippen molar-refractivity contribution in [3.63, 3.8) is 0 Å². The molecule has 17 heavy (non-hydrogen) atoms. The Bertz CT molecular complexity index is 552. The van der Waals surface area contributed by atoms with Crippen LogP contribution in [-0.2, 0) is 0 Å². The van der Waals surface area contributed by atoms with E-state index in [2.05, 4.69) is 0 Å². The quantitative estimate of drug-likeness (QED) is 0.839. The number of ether oxygens (including phenoxy) is 1. The zero-order valence-electron chi connectivity index (χ0n) is 9.14. The first-order valence-electron chi connectivity index (χ1n) is 4.97. The van der Waals surface area contributed by atoms with Crippen molar-refractivity contribution in [2.75, 3.05) is 7.11 Å². The second-order valence-corrected chi connectivity index (χ2v) is 3.55. The Labute approximate surface area is 97.7 Å². The summed E-state index contributed by atoms with van der Waals surface area (Å²) in [4.78, 5) is 0. The van der Waals surface area contributed by atoms with Gasteiger partial charge in [0.05, 0.1) is 7.11 Å². The summed E-state index contributed by atoms with van der Waals surface area (Å²) in [5, 5.41) is 19.2. The molecule has 0 radical (unpaired) electrons. The van der Waals surface area contributed by atoms with Crippen molar-refractivity contribution < 1.29 is 19.3 Å². The standard InChI is InChI=1S/C13H11FO3/c1-17-13-5-2-8(6-12(13)16)10-7-9(14)3-4-11(10)15/h2-7,15-16H,1H3. The van der Waals surface area contributed by atoms with Gasteiger partial charge < -0.3 is 14.9 Å². The lowest BCUT2D eigenvalue weighted by Gasteiger charge is -2.08. The van der Waals surface area contributed by atoms with Gasteiger partial charge in [-0.05, 0) is 35.9 Å². The fourth-order valence-corrected chi connectivity index (χ4v) is 1.60. The van der Waals surface area contributed by atoms with E-state index in [1.165, 1.54) is 31.4 Å². The van der Waals surface area contributed by atoms with E-state index in [-0.39, 0.29) is 11.5 Å². The molecule has 2 aromatic rings. The van der Waals surface area contributed by atoms with Crippen molar-refractivity contribution in [1.82, 2.24) is 0 Å². The van der Waals surface area contributed by atoms with Gasteiger partial charge in [-0.15, -0.1) is 0 Å². The van der Waals surface area contributed by atoms with Gasteiger partial charge in [-0.1, -0.05) is 6.07 Å². The summed E-state index contributed by atoms with van der Waals surface area (Å²) < 4.78 is 18.0. The molecular formula is C13H11FO3. The number of rotatable bonds is 2. The van der Waals surface area contributed by atoms with Crippen LogP contribution in [0.15, 0.2) is 36.4 Å². The molecule has 0 spiro atoms. The maximum atomic E-state index is 13.1. The zero-order chi connectivity index (χ0) is 12.4. The average Bonchev–Trinajstić information content (AvgIpc) is 2.32. The number of hydrogen-bond donors (Lipinski definition) is 2. The number of phenols is 2. The van der Waals surface area contributed by atoms with Gasteiger partial charge in [-0.25, -0.2) is 4.39 Å². The predicted octanol–water partition coefficient (Wildman–Crippen LogP) is 2.91. The highest BCUT2D eigenvalue weighted by Gasteiger charge is 2.09. The Morgan fingerprint density at radius 1 is 1.00 bits per heavy atom. The molecule has 0 atom stereocenters. The summed E-state index contributed by atoms with van der Waals surface area (Å²) in [6.45, 7) is 0. The van der Waals surface area contributed by atoms with E-state index in [0.717, 1.165) is 0 Å². The third-order valence-corrected chi connectivity index (χ3v) is 2.45. The number of hydrogen-bond acceptors (Lipinski definition) is 3. The van der Waals surface area contributed by atoms with Crippen molar-refractivity contribution in [2.24, 2.45) is 0 Å². The molecule has 4 heteroatoms. The number of aromatic hydroxyl groups is 2. The lowest BCUT2D eigenvalue weighted by atomic mass is 10.0. The fraction of sp³-hybridized carbons (Fsp3) is 0.0769. The van der Waals surface area contributed by atoms with E-state index >= 15 is 0 Å². The first-order chi connectivity index (χ1) is 8.11. The molecule has 0 aliphatic carbocycles. The number of phenolic OH excluding ortho intramolecular Hbond substituents is 2. The van der Waals surface area contributed by atoms with Crippen molar-refractivity contribution in [3.05, 3.63) is 42.2 Å². The smallest absolute Gasteiger partial charge is 0.160 e. The molecule has 0 unspecified atom stereocenters. The molecule has 0 bridgehead atoms. The Kier molecular flexibility index (Phi) is 2.87. The molecule has 0 saturated heterocycles. The minimum atomic E-state index is -0.451. The Hall–Kier alpha value is -2.23. The molecule has 0 aliphatic heterocycles. The van der Waals surface area contributed by atoms with Gasteiger partial charge in [0, 0.05) is 5.56 Å². The van der Waals surface area contributed by atoms with Crippen LogP contribution < -0.4 is 4.74 Å². The maximum Gasteiger partial charge on any atom is 0.160 e. The molecule has 0 aromatic heterocycles. The van der Waals surface area contributed by atoms with Gasteiger partial charge in [0.1, 0.15) is 11.6 Å². The molecule has 88 valence electrons. The Morgan fingerprint density at radius 2 is 1.76 bits per heavy atom. The topological polar surface area (TPSA) is 49.7 Å². The summed E-state index contributed by atoms with van der Waals surface area (Å²) in [6.07, 6.45) is 0. The molecular weight excluding hydrogens is 223 g/mol. The maximum absolute atomic E-state index is 13.1. The summed E-state index contributed by atoms with van der Waals surface area (Å²) >= 11 is 0. The van der Waals surface area contributed by atoms with E-state index in [0.29, 0.717) is 16.9 Å². The van der Waals surface area contributed by atoms with Gasteiger partial charge >= 0.3 is 0 Å². The largest absolute Gasteiger partial charge is 0.507 e. The van der Waals surface area contributed by atoms with Crippen LogP contribution in [0.1, 0.15) is 0 Å². The van der Waals surface area contributed by atoms with Gasteiger partial charge in [-0.2, -0.15) is 0 Å². The first kappa shape index (κ1) is 11.3. The minimum Gasteiger partial charge on any atom is -0.507 e. The predicted molar refractivity (Wildman–Crippen MR) is 61.7 cm³/mol. The number of benzene rings is 2. The van der Waals surface area contributed by atoms with Crippen LogP contribution in [0.25, 0.3) is 11.1 Å². The molecule has 0 saturated carbocycles. The summed E-state index contributed by atoms with van der Waals surface area (Å²) in [5.41, 5.74) is 0.836. The van der Waals surface area contributed by atoms with Crippen LogP contribution in [0.5, 0.6) is 17.2 Å². The summed E-state index contributed by atoms with van der Waals surface area (Å²) in [6, 6.07) is 8.24. The van der Waals surface area contributed by atoms with Crippen molar-refractivity contribution in [1.29, 1.82) is 0 Å². The van der Waals surface area contributed by atoms with Gasteiger partial charge in [0.15, 0.2) is 11.5 Å². The monoisotopic (exact) mass is 234 g/mol. The molecule has 2 rings (SSSR count). The van der Waals surface area contributed by atoms with Gasteiger partial charge in [0.2, 0.25) is 0 Å². The molecule has 0 aliphatic rings. The van der Waals surface area contributed by atoms with E-state index in [9.17, 15) is 14.6 Å². The number of halogens is 1. The van der Waals surface area contributed by atoms with Crippen LogP contribution in [0.3, 0.4) is 0 Å². The number of methoxy groups -OCH3 is 1. The van der Waals surface area contributed by atoms with Crippen LogP contribution in [0.4, 0.5) is 4.39 Å². The summed E-state index contributed by atoms with van der Waals surface area (Å²) in [7, 11) is 1.44. The lowest BCUT2D eigenvalue weighted by Crippen LogP contribution is -1.86. The van der Waals surface area contributed by atoms with Crippen LogP contribution in [0.2, 0.25) is 0 Å². The Morgan fingerprint density at radius 3 is 2.41 bits per heavy atom. The van der Waals surface area contributed by atoms with Gasteiger partial charge in [0.25, 0.3) is 0 Å². The Balaban J connectivity index is 2.53. The van der Waals surface area contributed by atoms with Crippen molar-refractivity contribution in [2.45, 2.75) is 0 Å². The van der Waals surface area contributed by atoms with Crippen LogP contribution >= 0.6 is 0 Å². The second kappa shape index (κ2) is 4.33. The lowest BCUT2D eigenvalue weighted by molar-refractivity contribution is 0.373. The van der Waals surface area contributed by atoms with E-state index in [1.807, 2.05) is 0 Å². The molecule has 0 amide bonds. The van der Waals surface area contributed by atoms with Crippen LogP contribution in [-0.4, -0.2) is 17.3 Å². The molecule has 2 aromatic carbocycles. The molecule has 3 nitrogen and oxygen atoms in total. The third-order valence-electron chi connectivity index (χ3n) is 2.45. The highest BCUT2D eigenvalue weighted by atomic mass is 19.1. The van der Waals surface area contributed by atoms with Crippen molar-refractivity contribution >= 4 is 0 Å². The van der Waals surface area contributed by atoms with Crippen molar-refractivity contribution in [3.8, 4) is 28.4 Å². The average molecular weight is 234 g/mol. The fourth-order valence-electron chi connectivity index (χ4n) is 1.60. The van der Waals surface area contributed by atoms with E-state index in [1.54, 1.807) is 12.1 Å². The van der Waals surface area contributed by atoms with Gasteiger partial charge in [-0.3, -0.25) is 0 Å². The zero-order valence-corrected chi connectivity index (χ0v) is 9.14. The normalized spacial score (nSPS) is 10.2.